The minimum Gasteiger partial charge on any atom is -0.445 e. The number of nitrogens with two attached hydrogens (primary N) is 1. The number of rotatable bonds is 59. The van der Waals surface area contributed by atoms with E-state index in [9.17, 15) is 57.5 Å². The number of aromatic nitrogens is 3. The minimum atomic E-state index is -1.18. The molecule has 7 aromatic rings. The first-order valence-corrected chi connectivity index (χ1v) is 52.7. The smallest absolute Gasteiger partial charge is 0.445 e. The number of hydrogen-bond acceptors (Lipinski definition) is 24. The molecule has 4 heterocycles. The molecule has 4 aromatic carbocycles. The molecule has 1 aliphatic carbocycles. The van der Waals surface area contributed by atoms with Crippen LogP contribution < -0.4 is 69.9 Å². The number of benzene rings is 4. The number of unbranched alkanes of at least 4 members (excludes halogenated alkanes) is 1. The van der Waals surface area contributed by atoms with Crippen LogP contribution in [0.3, 0.4) is 0 Å². The second-order valence-electron chi connectivity index (χ2n) is 37.4. The van der Waals surface area contributed by atoms with E-state index in [0.29, 0.717) is 49.1 Å². The fourth-order valence-electron chi connectivity index (χ4n) is 17.9. The third kappa shape index (κ3) is 33.9. The molecule has 1 aliphatic heterocycles. The first-order chi connectivity index (χ1) is 68.6. The number of nitrogens with one attached hydrogen (secondary N) is 8. The van der Waals surface area contributed by atoms with Gasteiger partial charge in [-0.3, -0.25) is 38.5 Å². The van der Waals surface area contributed by atoms with Crippen LogP contribution in [0.5, 0.6) is 0 Å². The summed E-state index contributed by atoms with van der Waals surface area (Å²) in [6.45, 7) is 19.4. The molecule has 0 spiro atoms. The van der Waals surface area contributed by atoms with E-state index in [0.717, 1.165) is 61.2 Å². The third-order valence-electron chi connectivity index (χ3n) is 26.1. The number of amides is 13. The Hall–Kier alpha value is -11.8. The summed E-state index contributed by atoms with van der Waals surface area (Å²) in [7, 11) is 9.54. The SMILES string of the molecule is CCCC[I-]OC(=O)CC[C@H](NC(=O)CCn1c(CN(C)N(C)C(=O)OCC2c3ccccc3-c3ccccc32)cc2cccnc21)C(=O)NCCOCCOCCC(=O)N[C@H](C(=O)N[C@@H](CCCNC(N)=O)C(=O)Nc1ccc(COC(=O)N(C)[C@H](C(=O)N[C@H](C(=O)N(C)[C@@H]([C@@H](C)CC)[C@@H](CC(=O)N2CCC[C@H]2[C@H](OC)[C@@H](C)C(=O)N[C@@H](Cc2ccccc2)c2nccs2)OC)C(C)C)C(C)C)cc1)C(C)C. The van der Waals surface area contributed by atoms with Crippen LogP contribution in [0.25, 0.3) is 22.2 Å². The summed E-state index contributed by atoms with van der Waals surface area (Å²) in [5.41, 5.74) is 13.0. The molecule has 0 radical (unpaired) electrons. The average Bonchev–Trinajstić information content (AvgIpc) is 1.61. The van der Waals surface area contributed by atoms with Crippen LogP contribution in [0, 0.1) is 29.6 Å². The molecule has 12 atom stereocenters. The molecule has 0 saturated carbocycles. The van der Waals surface area contributed by atoms with Gasteiger partial charge in [-0.2, -0.15) is 0 Å². The zero-order valence-electron chi connectivity index (χ0n) is 85.3. The van der Waals surface area contributed by atoms with Crippen molar-refractivity contribution in [1.82, 2.24) is 76.5 Å². The van der Waals surface area contributed by atoms with Gasteiger partial charge in [-0.05, 0) is 113 Å². The minimum absolute atomic E-state index is 0.0292. The van der Waals surface area contributed by atoms with E-state index in [1.165, 1.54) is 35.4 Å². The van der Waals surface area contributed by atoms with Crippen LogP contribution in [0.15, 0.2) is 139 Å². The zero-order valence-corrected chi connectivity index (χ0v) is 88.3. The summed E-state index contributed by atoms with van der Waals surface area (Å²) in [6.07, 6.45) is 4.67. The van der Waals surface area contributed by atoms with Gasteiger partial charge >= 0.3 is 212 Å². The molecule has 37 nitrogen and oxygen atoms in total. The van der Waals surface area contributed by atoms with Gasteiger partial charge in [0.25, 0.3) is 0 Å². The monoisotopic (exact) mass is 2110 g/mol. The van der Waals surface area contributed by atoms with E-state index >= 15 is 4.79 Å². The molecule has 3 aromatic heterocycles. The second-order valence-corrected chi connectivity index (χ2v) is 40.5. The van der Waals surface area contributed by atoms with Crippen molar-refractivity contribution in [3.63, 3.8) is 0 Å². The number of hydrogen-bond donors (Lipinski definition) is 9. The number of halogens is 1. The number of primary amides is 1. The van der Waals surface area contributed by atoms with Crippen LogP contribution in [-0.4, -0.2) is 271 Å². The molecule has 10 N–H and O–H groups in total. The topological polar surface area (TPSA) is 456 Å². The van der Waals surface area contributed by atoms with Crippen LogP contribution in [0.1, 0.15) is 191 Å². The van der Waals surface area contributed by atoms with Crippen LogP contribution >= 0.6 is 11.3 Å². The molecule has 0 unspecified atom stereocenters. The third-order valence-corrected chi connectivity index (χ3v) is 29.0. The number of likely N-dealkylation sites (tertiary alicyclic amines) is 1. The number of methoxy groups -OCH3 is 2. The molecule has 9 rings (SSSR count). The standard InChI is InChI=1S/C104H147IN17O20S/c1-17-19-47-105-142-88(126)44-43-81(112-85(123)45-53-121-74(60-72-32-27-48-107-94(72)121)62-117(11)120(14)104(135)141-64-79-77-35-25-23-33-75(77)76-34-24-26-36-78(76)79)96(128)108-50-55-139-57-56-138-54-46-86(124)115-89(65(3)4)98(130)113-80(37-28-49-110-102(106)133)97(129)111-73-41-39-71(40-42-73)63-140-103(134)119(13)91(67(7)8)99(131)116-90(66(5)6)101(132)118(12)92(68(9)18-2)84(136-15)61-87(125)122-52-29-38-83(122)93(137-16)69(10)95(127)114-82(100-109-51-58-143-100)59-70-30-21-20-22-31-70/h20-27,30-36,39-42,48,51,58,60,65-69,79-84,89-93H,17-19,28-29,37-38,43-47,49-50,52-57,59,61-64H2,1-16H3,(H,108,128)(H,111,129)(H,112,123)(H,113,130)(H,114,127)(H,115,124)(H,116,131)(H3,106,110,133)/q-1/t68-,69+,80-,81-,82-,83-,84+,89-,90-,91-,92-,93+/m0/s1. The van der Waals surface area contributed by atoms with Crippen molar-refractivity contribution in [2.24, 2.45) is 35.3 Å². The maximum absolute atomic E-state index is 15.0. The summed E-state index contributed by atoms with van der Waals surface area (Å²) in [4.78, 5) is 194. The van der Waals surface area contributed by atoms with Crippen LogP contribution in [0.2, 0.25) is 0 Å². The molecular formula is C104H147IN17O20S-. The number of nitrogens with zero attached hydrogens (tertiary/aromatic N) is 8. The first-order valence-electron chi connectivity index (χ1n) is 49.4. The van der Waals surface area contributed by atoms with Crippen molar-refractivity contribution in [3.8, 4) is 11.1 Å². The number of carbonyl (C=O) groups is 13. The number of thiazole rings is 1. The number of anilines is 1. The number of urea groups is 1. The molecule has 39 heteroatoms. The van der Waals surface area contributed by atoms with Gasteiger partial charge in [-0.25, -0.2) is 29.4 Å². The van der Waals surface area contributed by atoms with E-state index < -0.39 is 165 Å². The van der Waals surface area contributed by atoms with Gasteiger partial charge in [0.15, 0.2) is 0 Å². The number of carbonyl (C=O) groups excluding carboxylic acids is 13. The molecule has 1 fully saturated rings. The van der Waals surface area contributed by atoms with Crippen molar-refractivity contribution < 1.29 is 115 Å². The Morgan fingerprint density at radius 3 is 1.92 bits per heavy atom. The molecule has 143 heavy (non-hydrogen) atoms. The summed E-state index contributed by atoms with van der Waals surface area (Å²) >= 11 is 0.638. The molecule has 1 saturated heterocycles. The van der Waals surface area contributed by atoms with Crippen molar-refractivity contribution in [3.05, 3.63) is 172 Å². The van der Waals surface area contributed by atoms with Gasteiger partial charge in [0.05, 0.1) is 49.3 Å². The molecule has 0 bridgehead atoms. The van der Waals surface area contributed by atoms with E-state index in [4.69, 9.17) is 37.2 Å². The number of fused-ring (bicyclic) bond motifs is 4. The number of ether oxygens (including phenoxy) is 6. The summed E-state index contributed by atoms with van der Waals surface area (Å²) < 4.78 is 43.7. The van der Waals surface area contributed by atoms with E-state index in [2.05, 4.69) is 83.7 Å². The first kappa shape index (κ1) is 115. The Bertz CT molecular complexity index is 5260. The van der Waals surface area contributed by atoms with Gasteiger partial charge in [0, 0.05) is 91.3 Å². The molecule has 13 amide bonds. The summed E-state index contributed by atoms with van der Waals surface area (Å²) in [5.74, 6) is -7.08. The Morgan fingerprint density at radius 1 is 0.608 bits per heavy atom. The van der Waals surface area contributed by atoms with Crippen molar-refractivity contribution in [2.75, 3.05) is 105 Å². The van der Waals surface area contributed by atoms with E-state index in [1.807, 2.05) is 104 Å². The van der Waals surface area contributed by atoms with Crippen molar-refractivity contribution in [2.45, 2.75) is 239 Å². The number of pyridine rings is 1. The van der Waals surface area contributed by atoms with Crippen molar-refractivity contribution >= 4 is 105 Å². The molecular weight excluding hydrogens is 1970 g/mol. The van der Waals surface area contributed by atoms with E-state index in [1.54, 1.807) is 121 Å². The Balaban J connectivity index is 0.707. The Morgan fingerprint density at radius 2 is 1.28 bits per heavy atom. The summed E-state index contributed by atoms with van der Waals surface area (Å²) in [5, 5.41) is 29.3. The molecule has 2 aliphatic rings. The number of hydrazine groups is 1. The fraction of sp³-hybridized carbons (Fsp3) is 0.548. The maximum atomic E-state index is 15.0. The zero-order chi connectivity index (χ0) is 104. The summed E-state index contributed by atoms with van der Waals surface area (Å²) in [6, 6.07) is 30.3. The van der Waals surface area contributed by atoms with Gasteiger partial charge in [0.2, 0.25) is 41.4 Å². The average molecular weight is 2110 g/mol. The number of likely N-dealkylation sites (N-methyl/N-ethyl adjacent to an activating group) is 2. The van der Waals surface area contributed by atoms with Gasteiger partial charge in [0.1, 0.15) is 42.4 Å². The van der Waals surface area contributed by atoms with E-state index in [-0.39, 0.29) is 140 Å². The predicted octanol–water partition coefficient (Wildman–Crippen LogP) is 7.73. The van der Waals surface area contributed by atoms with Crippen molar-refractivity contribution in [1.29, 1.82) is 0 Å². The number of alkyl halides is 1. The van der Waals surface area contributed by atoms with Gasteiger partial charge < -0.3 is 71.1 Å². The number of aryl methyl sites for hydroxylation is 1. The normalized spacial score (nSPS) is 15.2. The molecule has 782 valence electrons. The quantitative estimate of drug-likeness (QED) is 0.00761. The van der Waals surface area contributed by atoms with Gasteiger partial charge in [-0.15, -0.1) is 11.3 Å². The predicted molar refractivity (Wildman–Crippen MR) is 538 cm³/mol. The Kier molecular flexibility index (Phi) is 46.8. The Labute approximate surface area is 854 Å². The van der Waals surface area contributed by atoms with Gasteiger partial charge in [-0.1, -0.05) is 160 Å². The fourth-order valence-corrected chi connectivity index (χ4v) is 20.5. The van der Waals surface area contributed by atoms with Crippen LogP contribution in [0.4, 0.5) is 20.1 Å². The second kappa shape index (κ2) is 58.3. The van der Waals surface area contributed by atoms with Crippen LogP contribution in [-0.2, 0) is 106 Å².